The van der Waals surface area contributed by atoms with E-state index in [1.165, 1.54) is 0 Å². The average Bonchev–Trinajstić information content (AvgIpc) is 2.38. The van der Waals surface area contributed by atoms with Crippen LogP contribution < -0.4 is 0 Å². The molecule has 0 aliphatic heterocycles. The first-order valence-corrected chi connectivity index (χ1v) is 3.31. The van der Waals surface area contributed by atoms with Gasteiger partial charge in [0.25, 0.3) is 0 Å². The highest BCUT2D eigenvalue weighted by molar-refractivity contribution is 4.86. The third-order valence-corrected chi connectivity index (χ3v) is 1.32. The zero-order valence-electron chi connectivity index (χ0n) is 6.23. The summed E-state index contributed by atoms with van der Waals surface area (Å²) < 4.78 is 1.81. The largest absolute Gasteiger partial charge is 0.246 e. The lowest BCUT2D eigenvalue weighted by molar-refractivity contribution is 0.578. The van der Waals surface area contributed by atoms with Gasteiger partial charge in [-0.2, -0.15) is 5.10 Å². The second-order valence-electron chi connectivity index (χ2n) is 2.14. The molecular weight excluding hydrogens is 126 g/mol. The van der Waals surface area contributed by atoms with E-state index >= 15 is 0 Å². The molecule has 0 saturated carbocycles. The molecule has 0 saturated heterocycles. The summed E-state index contributed by atoms with van der Waals surface area (Å²) in [5.41, 5.74) is 0. The molecule has 1 rings (SSSR count). The minimum Gasteiger partial charge on any atom is -0.246 e. The Morgan fingerprint density at radius 1 is 1.60 bits per heavy atom. The van der Waals surface area contributed by atoms with E-state index in [0.717, 1.165) is 0 Å². The molecule has 1 aromatic rings. The first kappa shape index (κ1) is 6.99. The van der Waals surface area contributed by atoms with Gasteiger partial charge in [0.1, 0.15) is 12.7 Å². The van der Waals surface area contributed by atoms with E-state index in [9.17, 15) is 0 Å². The number of rotatable bonds is 2. The summed E-state index contributed by atoms with van der Waals surface area (Å²) in [4.78, 5) is 3.84. The molecule has 0 amide bonds. The van der Waals surface area contributed by atoms with Crippen molar-refractivity contribution in [2.24, 2.45) is 0 Å². The molecule has 1 heterocycles. The first-order valence-electron chi connectivity index (χ1n) is 3.31. The predicted molar refractivity (Wildman–Crippen MR) is 39.5 cm³/mol. The van der Waals surface area contributed by atoms with Crippen molar-refractivity contribution >= 4 is 0 Å². The minimum atomic E-state index is 0.312. The summed E-state index contributed by atoms with van der Waals surface area (Å²) in [6, 6.07) is 0.312. The molecule has 0 aliphatic carbocycles. The lowest BCUT2D eigenvalue weighted by Gasteiger charge is -2.03. The van der Waals surface area contributed by atoms with Crippen LogP contribution in [0.4, 0.5) is 0 Å². The summed E-state index contributed by atoms with van der Waals surface area (Å²) in [7, 11) is 0. The van der Waals surface area contributed by atoms with Gasteiger partial charge in [-0.05, 0) is 13.8 Å². The molecule has 1 aromatic heterocycles. The van der Waals surface area contributed by atoms with Gasteiger partial charge in [-0.15, -0.1) is 0 Å². The molecule has 3 nitrogen and oxygen atoms in total. The molecule has 0 N–H and O–H groups in total. The summed E-state index contributed by atoms with van der Waals surface area (Å²) in [5.74, 6) is 0. The normalized spacial score (nSPS) is 14.2. The quantitative estimate of drug-likeness (QED) is 0.577. The van der Waals surface area contributed by atoms with E-state index < -0.39 is 0 Å². The van der Waals surface area contributed by atoms with E-state index in [0.29, 0.717) is 6.04 Å². The topological polar surface area (TPSA) is 30.7 Å². The molecular formula is C7H11N3. The Hall–Kier alpha value is -1.12. The van der Waals surface area contributed by atoms with Gasteiger partial charge in [-0.1, -0.05) is 12.2 Å². The van der Waals surface area contributed by atoms with Gasteiger partial charge in [0.05, 0.1) is 6.04 Å². The second kappa shape index (κ2) is 3.15. The smallest absolute Gasteiger partial charge is 0.137 e. The van der Waals surface area contributed by atoms with Gasteiger partial charge >= 0.3 is 0 Å². The lowest BCUT2D eigenvalue weighted by Crippen LogP contribution is -2.01. The number of hydrogen-bond donors (Lipinski definition) is 0. The Morgan fingerprint density at radius 3 is 2.90 bits per heavy atom. The fourth-order valence-corrected chi connectivity index (χ4v) is 0.794. The minimum absolute atomic E-state index is 0.312. The van der Waals surface area contributed by atoms with Gasteiger partial charge in [0.2, 0.25) is 0 Å². The molecule has 1 unspecified atom stereocenters. The van der Waals surface area contributed by atoms with Crippen LogP contribution in [0.25, 0.3) is 0 Å². The van der Waals surface area contributed by atoms with Crippen LogP contribution in [0.2, 0.25) is 0 Å². The Kier molecular flexibility index (Phi) is 2.20. The van der Waals surface area contributed by atoms with E-state index in [2.05, 4.69) is 23.1 Å². The molecule has 0 spiro atoms. The highest BCUT2D eigenvalue weighted by atomic mass is 15.3. The summed E-state index contributed by atoms with van der Waals surface area (Å²) in [6.07, 6.45) is 7.33. The van der Waals surface area contributed by atoms with Crippen molar-refractivity contribution in [3.63, 3.8) is 0 Å². The van der Waals surface area contributed by atoms with Gasteiger partial charge in [-0.25, -0.2) is 9.67 Å². The summed E-state index contributed by atoms with van der Waals surface area (Å²) in [6.45, 7) is 4.06. The van der Waals surface area contributed by atoms with Crippen molar-refractivity contribution < 1.29 is 0 Å². The van der Waals surface area contributed by atoms with Gasteiger partial charge in [0.15, 0.2) is 0 Å². The molecule has 0 radical (unpaired) electrons. The molecule has 10 heavy (non-hydrogen) atoms. The molecule has 3 heteroatoms. The number of nitrogens with zero attached hydrogens (tertiary/aromatic N) is 3. The molecule has 54 valence electrons. The maximum Gasteiger partial charge on any atom is 0.137 e. The van der Waals surface area contributed by atoms with Gasteiger partial charge in [-0.3, -0.25) is 0 Å². The molecule has 1 atom stereocenters. The van der Waals surface area contributed by atoms with Crippen LogP contribution in [0.15, 0.2) is 24.8 Å². The maximum atomic E-state index is 3.99. The van der Waals surface area contributed by atoms with E-state index in [1.54, 1.807) is 17.3 Å². The lowest BCUT2D eigenvalue weighted by atomic mass is 10.3. The molecule has 0 bridgehead atoms. The first-order chi connectivity index (χ1) is 4.84. The van der Waals surface area contributed by atoms with Gasteiger partial charge in [0, 0.05) is 0 Å². The van der Waals surface area contributed by atoms with Crippen molar-refractivity contribution in [2.45, 2.75) is 19.9 Å². The van der Waals surface area contributed by atoms with Crippen LogP contribution in [-0.2, 0) is 0 Å². The van der Waals surface area contributed by atoms with Gasteiger partial charge < -0.3 is 0 Å². The van der Waals surface area contributed by atoms with Crippen LogP contribution >= 0.6 is 0 Å². The van der Waals surface area contributed by atoms with E-state index in [4.69, 9.17) is 0 Å². The van der Waals surface area contributed by atoms with Crippen LogP contribution in [0.3, 0.4) is 0 Å². The van der Waals surface area contributed by atoms with E-state index in [-0.39, 0.29) is 0 Å². The van der Waals surface area contributed by atoms with Crippen molar-refractivity contribution in [3.05, 3.63) is 24.8 Å². The molecule has 0 aliphatic rings. The molecule has 0 aromatic carbocycles. The SMILES string of the molecule is C/C=C\C(C)n1cncn1. The monoisotopic (exact) mass is 137 g/mol. The number of aromatic nitrogens is 3. The molecule has 0 fully saturated rings. The fraction of sp³-hybridized carbons (Fsp3) is 0.429. The average molecular weight is 137 g/mol. The highest BCUT2D eigenvalue weighted by Crippen LogP contribution is 2.02. The highest BCUT2D eigenvalue weighted by Gasteiger charge is 1.96. The van der Waals surface area contributed by atoms with E-state index in [1.807, 2.05) is 13.0 Å². The Labute approximate surface area is 60.4 Å². The van der Waals surface area contributed by atoms with Crippen LogP contribution in [0.5, 0.6) is 0 Å². The summed E-state index contributed by atoms with van der Waals surface area (Å²) >= 11 is 0. The number of allylic oxidation sites excluding steroid dienone is 2. The fourth-order valence-electron chi connectivity index (χ4n) is 0.794. The zero-order chi connectivity index (χ0) is 7.40. The zero-order valence-corrected chi connectivity index (χ0v) is 6.23. The van der Waals surface area contributed by atoms with Crippen LogP contribution in [-0.4, -0.2) is 14.8 Å². The third-order valence-electron chi connectivity index (χ3n) is 1.32. The van der Waals surface area contributed by atoms with Crippen molar-refractivity contribution in [1.82, 2.24) is 14.8 Å². The van der Waals surface area contributed by atoms with Crippen molar-refractivity contribution in [1.29, 1.82) is 0 Å². The Balaban J connectivity index is 2.67. The van der Waals surface area contributed by atoms with Crippen molar-refractivity contribution in [2.75, 3.05) is 0 Å². The number of hydrogen-bond acceptors (Lipinski definition) is 2. The second-order valence-corrected chi connectivity index (χ2v) is 2.14. The van der Waals surface area contributed by atoms with Crippen LogP contribution in [0.1, 0.15) is 19.9 Å². The third kappa shape index (κ3) is 1.43. The van der Waals surface area contributed by atoms with Crippen molar-refractivity contribution in [3.8, 4) is 0 Å². The summed E-state index contributed by atoms with van der Waals surface area (Å²) in [5, 5.41) is 3.99. The predicted octanol–water partition coefficient (Wildman–Crippen LogP) is 1.42. The standard InChI is InChI=1S/C7H11N3/c1-3-4-7(2)10-6-8-5-9-10/h3-7H,1-2H3/b4-3-. The van der Waals surface area contributed by atoms with Crippen LogP contribution in [0, 0.1) is 0 Å². The maximum absolute atomic E-state index is 3.99. The Morgan fingerprint density at radius 2 is 2.40 bits per heavy atom. The Bertz CT molecular complexity index is 201.